The van der Waals surface area contributed by atoms with Crippen LogP contribution in [-0.2, 0) is 11.2 Å². The quantitative estimate of drug-likeness (QED) is 0.924. The van der Waals surface area contributed by atoms with Crippen LogP contribution in [0, 0.1) is 5.82 Å². The van der Waals surface area contributed by atoms with Gasteiger partial charge in [-0.15, -0.1) is 0 Å². The van der Waals surface area contributed by atoms with E-state index in [4.69, 9.17) is 11.6 Å². The first kappa shape index (κ1) is 13.4. The molecule has 0 aromatic carbocycles. The highest BCUT2D eigenvalue weighted by molar-refractivity contribution is 6.31. The fourth-order valence-electron chi connectivity index (χ4n) is 1.49. The van der Waals surface area contributed by atoms with E-state index in [0.717, 1.165) is 12.6 Å². The van der Waals surface area contributed by atoms with E-state index >= 15 is 0 Å². The van der Waals surface area contributed by atoms with Gasteiger partial charge in [-0.3, -0.25) is 9.78 Å². The summed E-state index contributed by atoms with van der Waals surface area (Å²) in [5, 5.41) is 6.33. The number of nitrogens with one attached hydrogen (secondary N) is 1. The van der Waals surface area contributed by atoms with Crippen LogP contribution in [0.4, 0.5) is 4.39 Å². The normalized spacial score (nSPS) is 12.2. The van der Waals surface area contributed by atoms with Gasteiger partial charge in [0.25, 0.3) is 0 Å². The Morgan fingerprint density at radius 3 is 3.00 bits per heavy atom. The molecule has 100 valence electrons. The number of rotatable bonds is 4. The summed E-state index contributed by atoms with van der Waals surface area (Å²) in [6.45, 7) is 1.69. The number of halogens is 2. The number of hydrogen-bond donors (Lipinski definition) is 1. The van der Waals surface area contributed by atoms with Gasteiger partial charge >= 0.3 is 0 Å². The fraction of sp³-hybridized carbons (Fsp3) is 0.273. The first-order chi connectivity index (χ1) is 9.08. The van der Waals surface area contributed by atoms with Gasteiger partial charge in [0.2, 0.25) is 12.3 Å². The van der Waals surface area contributed by atoms with Gasteiger partial charge in [0, 0.05) is 11.8 Å². The van der Waals surface area contributed by atoms with Crippen LogP contribution in [0.5, 0.6) is 0 Å². The molecule has 8 heteroatoms. The predicted molar refractivity (Wildman–Crippen MR) is 63.8 cm³/mol. The second kappa shape index (κ2) is 5.75. The minimum atomic E-state index is -0.616. The number of carbonyl (C=O) groups is 1. The van der Waals surface area contributed by atoms with Gasteiger partial charge in [0.05, 0.1) is 23.7 Å². The van der Waals surface area contributed by atoms with Gasteiger partial charge in [-0.25, -0.2) is 4.39 Å². The van der Waals surface area contributed by atoms with Crippen molar-refractivity contribution in [1.29, 1.82) is 0 Å². The Hall–Kier alpha value is -2.02. The molecule has 0 radical (unpaired) electrons. The van der Waals surface area contributed by atoms with Gasteiger partial charge in [-0.1, -0.05) is 16.8 Å². The molecule has 0 aliphatic heterocycles. The minimum Gasteiger partial charge on any atom is -0.346 e. The maximum atomic E-state index is 13.5. The molecule has 0 spiro atoms. The summed E-state index contributed by atoms with van der Waals surface area (Å²) in [5.41, 5.74) is 0.106. The van der Waals surface area contributed by atoms with Crippen LogP contribution in [0.1, 0.15) is 24.4 Å². The molecule has 0 saturated heterocycles. The lowest BCUT2D eigenvalue weighted by atomic mass is 10.1. The average Bonchev–Trinajstić information content (AvgIpc) is 2.88. The highest BCUT2D eigenvalue weighted by Gasteiger charge is 2.16. The molecule has 6 nitrogen and oxygen atoms in total. The Balaban J connectivity index is 2.02. The molecule has 2 heterocycles. The van der Waals surface area contributed by atoms with E-state index in [1.54, 1.807) is 6.92 Å². The summed E-state index contributed by atoms with van der Waals surface area (Å²) in [4.78, 5) is 19.2. The number of amides is 1. The zero-order valence-electron chi connectivity index (χ0n) is 9.93. The maximum absolute atomic E-state index is 13.5. The monoisotopic (exact) mass is 284 g/mol. The highest BCUT2D eigenvalue weighted by Crippen LogP contribution is 2.18. The van der Waals surface area contributed by atoms with Crippen molar-refractivity contribution in [2.24, 2.45) is 0 Å². The van der Waals surface area contributed by atoms with Crippen LogP contribution in [-0.4, -0.2) is 21.0 Å². The Kier molecular flexibility index (Phi) is 4.06. The van der Waals surface area contributed by atoms with Crippen molar-refractivity contribution >= 4 is 17.5 Å². The summed E-state index contributed by atoms with van der Waals surface area (Å²) in [5.74, 6) is -0.672. The van der Waals surface area contributed by atoms with Crippen molar-refractivity contribution in [2.75, 3.05) is 0 Å². The molecule has 2 rings (SSSR count). The Morgan fingerprint density at radius 1 is 1.58 bits per heavy atom. The first-order valence-corrected chi connectivity index (χ1v) is 5.79. The Labute approximate surface area is 113 Å². The number of nitrogens with zero attached hydrogens (tertiary/aromatic N) is 3. The molecule has 1 unspecified atom stereocenters. The van der Waals surface area contributed by atoms with Crippen molar-refractivity contribution in [3.05, 3.63) is 41.0 Å². The lowest BCUT2D eigenvalue weighted by molar-refractivity contribution is -0.121. The second-order valence-electron chi connectivity index (χ2n) is 3.84. The SMILES string of the molecule is CC(NC(=O)Cc1c(F)cncc1Cl)c1ncon1. The molecule has 1 atom stereocenters. The van der Waals surface area contributed by atoms with Crippen molar-refractivity contribution in [3.8, 4) is 0 Å². The molecule has 0 aliphatic carbocycles. The molecule has 0 aliphatic rings. The third kappa shape index (κ3) is 3.25. The summed E-state index contributed by atoms with van der Waals surface area (Å²) in [6, 6.07) is -0.435. The van der Waals surface area contributed by atoms with Crippen LogP contribution >= 0.6 is 11.6 Å². The summed E-state index contributed by atoms with van der Waals surface area (Å²) < 4.78 is 18.0. The molecule has 0 saturated carbocycles. The van der Waals surface area contributed by atoms with E-state index in [-0.39, 0.29) is 17.0 Å². The molecule has 2 aromatic heterocycles. The van der Waals surface area contributed by atoms with Crippen molar-refractivity contribution in [1.82, 2.24) is 20.4 Å². The van der Waals surface area contributed by atoms with Gasteiger partial charge in [0.1, 0.15) is 5.82 Å². The maximum Gasteiger partial charge on any atom is 0.225 e. The molecular formula is C11H10ClFN4O2. The molecule has 19 heavy (non-hydrogen) atoms. The van der Waals surface area contributed by atoms with E-state index in [2.05, 4.69) is 25.0 Å². The third-order valence-corrected chi connectivity index (χ3v) is 2.76. The lowest BCUT2D eigenvalue weighted by Gasteiger charge is -2.10. The van der Waals surface area contributed by atoms with Gasteiger partial charge in [-0.05, 0) is 6.92 Å². The van der Waals surface area contributed by atoms with Gasteiger partial charge in [0.15, 0.2) is 5.82 Å². The second-order valence-corrected chi connectivity index (χ2v) is 4.24. The van der Waals surface area contributed by atoms with Crippen molar-refractivity contribution in [3.63, 3.8) is 0 Å². The van der Waals surface area contributed by atoms with Crippen LogP contribution in [0.25, 0.3) is 0 Å². The van der Waals surface area contributed by atoms with E-state index in [1.165, 1.54) is 6.20 Å². The minimum absolute atomic E-state index is 0.106. The molecule has 2 aromatic rings. The third-order valence-electron chi connectivity index (χ3n) is 2.43. The number of pyridine rings is 1. The highest BCUT2D eigenvalue weighted by atomic mass is 35.5. The topological polar surface area (TPSA) is 80.9 Å². The smallest absolute Gasteiger partial charge is 0.225 e. The van der Waals surface area contributed by atoms with Crippen LogP contribution in [0.2, 0.25) is 5.02 Å². The first-order valence-electron chi connectivity index (χ1n) is 5.41. The van der Waals surface area contributed by atoms with E-state index in [9.17, 15) is 9.18 Å². The molecule has 0 bridgehead atoms. The van der Waals surface area contributed by atoms with Crippen molar-refractivity contribution in [2.45, 2.75) is 19.4 Å². The summed E-state index contributed by atoms with van der Waals surface area (Å²) in [7, 11) is 0. The van der Waals surface area contributed by atoms with Gasteiger partial charge < -0.3 is 9.84 Å². The van der Waals surface area contributed by atoms with E-state index in [0.29, 0.717) is 5.82 Å². The predicted octanol–water partition coefficient (Wildman–Crippen LogP) is 1.68. The Bertz CT molecular complexity index is 556. The molecular weight excluding hydrogens is 275 g/mol. The van der Waals surface area contributed by atoms with Gasteiger partial charge in [-0.2, -0.15) is 4.98 Å². The zero-order chi connectivity index (χ0) is 13.8. The van der Waals surface area contributed by atoms with E-state index in [1.807, 2.05) is 0 Å². The number of carbonyl (C=O) groups excluding carboxylic acids is 1. The molecule has 1 amide bonds. The standard InChI is InChI=1S/C11H10ClFN4O2/c1-6(11-15-5-19-17-11)16-10(18)2-7-8(12)3-14-4-9(7)13/h3-6H,2H2,1H3,(H,16,18). The van der Waals surface area contributed by atoms with Crippen molar-refractivity contribution < 1.29 is 13.7 Å². The van der Waals surface area contributed by atoms with Crippen LogP contribution < -0.4 is 5.32 Å². The molecule has 1 N–H and O–H groups in total. The Morgan fingerprint density at radius 2 is 2.37 bits per heavy atom. The number of hydrogen-bond acceptors (Lipinski definition) is 5. The fourth-order valence-corrected chi connectivity index (χ4v) is 1.71. The average molecular weight is 285 g/mol. The molecule has 0 fully saturated rings. The van der Waals surface area contributed by atoms with Crippen LogP contribution in [0.15, 0.2) is 23.3 Å². The lowest BCUT2D eigenvalue weighted by Crippen LogP contribution is -2.29. The summed E-state index contributed by atoms with van der Waals surface area (Å²) in [6.07, 6.45) is 3.28. The van der Waals surface area contributed by atoms with E-state index < -0.39 is 17.8 Å². The largest absolute Gasteiger partial charge is 0.346 e. The number of aromatic nitrogens is 3. The summed E-state index contributed by atoms with van der Waals surface area (Å²) >= 11 is 5.79. The zero-order valence-corrected chi connectivity index (χ0v) is 10.7. The van der Waals surface area contributed by atoms with Crippen LogP contribution in [0.3, 0.4) is 0 Å².